The standard InChI is InChI=1S/C21H23N3O3/c25-21(26)16-24(19-5-2-1-3-6-19)15-18-7-9-20(10-8-18)27-14-4-12-23-13-11-22-17-23/h1-3,5-11,13,17H,4,12,14-16H2,(H,25,26). The third-order valence-corrected chi connectivity index (χ3v) is 4.13. The topological polar surface area (TPSA) is 67.6 Å². The van der Waals surface area contributed by atoms with Gasteiger partial charge in [0.25, 0.3) is 0 Å². The van der Waals surface area contributed by atoms with Crippen LogP contribution in [0.3, 0.4) is 0 Å². The molecule has 0 atom stereocenters. The minimum absolute atomic E-state index is 0.0451. The summed E-state index contributed by atoms with van der Waals surface area (Å²) in [6.45, 7) is 1.99. The van der Waals surface area contributed by atoms with E-state index in [1.165, 1.54) is 0 Å². The van der Waals surface area contributed by atoms with Crippen LogP contribution in [0.2, 0.25) is 0 Å². The van der Waals surface area contributed by atoms with Gasteiger partial charge in [0.05, 0.1) is 12.9 Å². The van der Waals surface area contributed by atoms with E-state index < -0.39 is 5.97 Å². The minimum Gasteiger partial charge on any atom is -0.494 e. The lowest BCUT2D eigenvalue weighted by atomic mass is 10.2. The third-order valence-electron chi connectivity index (χ3n) is 4.13. The van der Waals surface area contributed by atoms with Crippen molar-refractivity contribution < 1.29 is 14.6 Å². The SMILES string of the molecule is O=C(O)CN(Cc1ccc(OCCCn2ccnc2)cc1)c1ccccc1. The van der Waals surface area contributed by atoms with Crippen LogP contribution < -0.4 is 9.64 Å². The van der Waals surface area contributed by atoms with E-state index in [-0.39, 0.29) is 6.54 Å². The predicted octanol–water partition coefficient (Wildman–Crippen LogP) is 3.44. The molecule has 0 spiro atoms. The maximum Gasteiger partial charge on any atom is 0.323 e. The van der Waals surface area contributed by atoms with Crippen molar-refractivity contribution >= 4 is 11.7 Å². The quantitative estimate of drug-likeness (QED) is 0.558. The molecular formula is C21H23N3O3. The second kappa shape index (κ2) is 9.43. The van der Waals surface area contributed by atoms with Crippen LogP contribution in [-0.4, -0.2) is 33.8 Å². The molecule has 0 fully saturated rings. The highest BCUT2D eigenvalue weighted by molar-refractivity contribution is 5.73. The van der Waals surface area contributed by atoms with E-state index in [4.69, 9.17) is 4.74 Å². The number of hydrogen-bond donors (Lipinski definition) is 1. The Hall–Kier alpha value is -3.28. The lowest BCUT2D eigenvalue weighted by Crippen LogP contribution is -2.29. The summed E-state index contributed by atoms with van der Waals surface area (Å²) in [5.41, 5.74) is 1.92. The van der Waals surface area contributed by atoms with Gasteiger partial charge in [-0.2, -0.15) is 0 Å². The summed E-state index contributed by atoms with van der Waals surface area (Å²) in [4.78, 5) is 17.0. The van der Waals surface area contributed by atoms with E-state index in [2.05, 4.69) is 4.98 Å². The van der Waals surface area contributed by atoms with Crippen molar-refractivity contribution in [1.29, 1.82) is 0 Å². The Balaban J connectivity index is 1.53. The normalized spacial score (nSPS) is 10.5. The van der Waals surface area contributed by atoms with E-state index >= 15 is 0 Å². The van der Waals surface area contributed by atoms with Crippen molar-refractivity contribution in [3.63, 3.8) is 0 Å². The van der Waals surface area contributed by atoms with Gasteiger partial charge in [0.2, 0.25) is 0 Å². The number of para-hydroxylation sites is 1. The summed E-state index contributed by atoms with van der Waals surface area (Å²) in [6, 6.07) is 17.4. The Morgan fingerprint density at radius 2 is 1.89 bits per heavy atom. The number of aromatic nitrogens is 2. The molecule has 1 N–H and O–H groups in total. The number of aryl methyl sites for hydroxylation is 1. The molecule has 0 aliphatic carbocycles. The van der Waals surface area contributed by atoms with Crippen molar-refractivity contribution in [2.75, 3.05) is 18.1 Å². The van der Waals surface area contributed by atoms with Gasteiger partial charge < -0.3 is 19.3 Å². The van der Waals surface area contributed by atoms with E-state index in [9.17, 15) is 9.90 Å². The average molecular weight is 365 g/mol. The number of imidazole rings is 1. The third kappa shape index (κ3) is 5.88. The molecule has 140 valence electrons. The van der Waals surface area contributed by atoms with Gasteiger partial charge in [-0.25, -0.2) is 4.98 Å². The first-order chi connectivity index (χ1) is 13.2. The van der Waals surface area contributed by atoms with Crippen LogP contribution in [0.1, 0.15) is 12.0 Å². The second-order valence-corrected chi connectivity index (χ2v) is 6.23. The van der Waals surface area contributed by atoms with Crippen LogP contribution in [0.4, 0.5) is 5.69 Å². The number of ether oxygens (including phenoxy) is 1. The predicted molar refractivity (Wildman–Crippen MR) is 104 cm³/mol. The molecule has 0 radical (unpaired) electrons. The second-order valence-electron chi connectivity index (χ2n) is 6.23. The van der Waals surface area contributed by atoms with Crippen LogP contribution in [0.15, 0.2) is 73.3 Å². The van der Waals surface area contributed by atoms with Crippen molar-refractivity contribution in [3.8, 4) is 5.75 Å². The summed E-state index contributed by atoms with van der Waals surface area (Å²) in [5, 5.41) is 9.19. The molecule has 1 heterocycles. The van der Waals surface area contributed by atoms with E-state index in [0.29, 0.717) is 13.2 Å². The number of hydrogen-bond acceptors (Lipinski definition) is 4. The molecule has 3 rings (SSSR count). The Bertz CT molecular complexity index is 818. The molecule has 6 nitrogen and oxygen atoms in total. The summed E-state index contributed by atoms with van der Waals surface area (Å²) in [5.74, 6) is -0.0365. The molecule has 2 aromatic carbocycles. The number of benzene rings is 2. The van der Waals surface area contributed by atoms with E-state index in [1.807, 2.05) is 70.3 Å². The molecule has 0 saturated carbocycles. The Labute approximate surface area is 158 Å². The molecule has 0 amide bonds. The molecule has 6 heteroatoms. The van der Waals surface area contributed by atoms with Gasteiger partial charge in [-0.1, -0.05) is 30.3 Å². The van der Waals surface area contributed by atoms with Gasteiger partial charge in [0, 0.05) is 31.2 Å². The summed E-state index contributed by atoms with van der Waals surface area (Å²) < 4.78 is 7.79. The monoisotopic (exact) mass is 365 g/mol. The van der Waals surface area contributed by atoms with Crippen molar-refractivity contribution in [3.05, 3.63) is 78.9 Å². The molecule has 27 heavy (non-hydrogen) atoms. The Kier molecular flexibility index (Phi) is 6.46. The largest absolute Gasteiger partial charge is 0.494 e. The zero-order valence-corrected chi connectivity index (χ0v) is 15.1. The first kappa shape index (κ1) is 18.5. The number of carbonyl (C=O) groups is 1. The molecule has 0 bridgehead atoms. The Morgan fingerprint density at radius 3 is 2.56 bits per heavy atom. The van der Waals surface area contributed by atoms with Crippen molar-refractivity contribution in [2.24, 2.45) is 0 Å². The highest BCUT2D eigenvalue weighted by atomic mass is 16.5. The lowest BCUT2D eigenvalue weighted by Gasteiger charge is -2.23. The fourth-order valence-electron chi connectivity index (χ4n) is 2.81. The number of aliphatic carboxylic acids is 1. The van der Waals surface area contributed by atoms with Gasteiger partial charge in [0.15, 0.2) is 0 Å². The zero-order valence-electron chi connectivity index (χ0n) is 15.1. The maximum absolute atomic E-state index is 11.2. The fraction of sp³-hybridized carbons (Fsp3) is 0.238. The van der Waals surface area contributed by atoms with Gasteiger partial charge in [-0.15, -0.1) is 0 Å². The minimum atomic E-state index is -0.850. The van der Waals surface area contributed by atoms with Gasteiger partial charge >= 0.3 is 5.97 Å². The van der Waals surface area contributed by atoms with E-state index in [0.717, 1.165) is 30.0 Å². The number of carboxylic acids is 1. The number of nitrogens with zero attached hydrogens (tertiary/aromatic N) is 3. The molecular weight excluding hydrogens is 342 g/mol. The maximum atomic E-state index is 11.2. The molecule has 0 saturated heterocycles. The van der Waals surface area contributed by atoms with Crippen LogP contribution >= 0.6 is 0 Å². The Morgan fingerprint density at radius 1 is 1.11 bits per heavy atom. The van der Waals surface area contributed by atoms with Gasteiger partial charge in [0.1, 0.15) is 12.3 Å². The van der Waals surface area contributed by atoms with E-state index in [1.54, 1.807) is 12.5 Å². The zero-order chi connectivity index (χ0) is 18.9. The number of rotatable bonds is 10. The number of carboxylic acid groups (broad SMARTS) is 1. The van der Waals surface area contributed by atoms with Crippen LogP contribution in [-0.2, 0) is 17.9 Å². The molecule has 0 aliphatic rings. The average Bonchev–Trinajstić information content (AvgIpc) is 3.20. The molecule has 1 aromatic heterocycles. The molecule has 3 aromatic rings. The fourth-order valence-corrected chi connectivity index (χ4v) is 2.81. The highest BCUT2D eigenvalue weighted by Gasteiger charge is 2.11. The van der Waals surface area contributed by atoms with Gasteiger partial charge in [-0.3, -0.25) is 4.79 Å². The first-order valence-corrected chi connectivity index (χ1v) is 8.90. The van der Waals surface area contributed by atoms with Crippen LogP contribution in [0.25, 0.3) is 0 Å². The summed E-state index contributed by atoms with van der Waals surface area (Å²) >= 11 is 0. The highest BCUT2D eigenvalue weighted by Crippen LogP contribution is 2.19. The van der Waals surface area contributed by atoms with Crippen molar-refractivity contribution in [2.45, 2.75) is 19.5 Å². The molecule has 0 unspecified atom stereocenters. The smallest absolute Gasteiger partial charge is 0.323 e. The van der Waals surface area contributed by atoms with Gasteiger partial charge in [-0.05, 0) is 36.2 Å². The van der Waals surface area contributed by atoms with Crippen LogP contribution in [0, 0.1) is 0 Å². The molecule has 0 aliphatic heterocycles. The van der Waals surface area contributed by atoms with Crippen LogP contribution in [0.5, 0.6) is 5.75 Å². The van der Waals surface area contributed by atoms with Crippen molar-refractivity contribution in [1.82, 2.24) is 9.55 Å². The number of anilines is 1. The lowest BCUT2D eigenvalue weighted by molar-refractivity contribution is -0.135. The first-order valence-electron chi connectivity index (χ1n) is 8.90. The summed E-state index contributed by atoms with van der Waals surface area (Å²) in [7, 11) is 0. The summed E-state index contributed by atoms with van der Waals surface area (Å²) in [6.07, 6.45) is 6.40.